The van der Waals surface area contributed by atoms with Gasteiger partial charge in [0.1, 0.15) is 6.54 Å². The summed E-state index contributed by atoms with van der Waals surface area (Å²) in [5, 5.41) is 17.9. The smallest absolute Gasteiger partial charge is 0.252 e. The summed E-state index contributed by atoms with van der Waals surface area (Å²) in [6.45, 7) is 4.04. The topological polar surface area (TPSA) is 95.7 Å². The number of benzene rings is 1. The van der Waals surface area contributed by atoms with Crippen LogP contribution in [-0.4, -0.2) is 46.1 Å². The van der Waals surface area contributed by atoms with E-state index in [1.54, 1.807) is 24.3 Å². The van der Waals surface area contributed by atoms with Gasteiger partial charge in [0.05, 0.1) is 10.6 Å². The summed E-state index contributed by atoms with van der Waals surface area (Å²) in [5.41, 5.74) is 1.25. The molecule has 0 aliphatic carbocycles. The molecule has 0 radical (unpaired) electrons. The number of halogens is 2. The fraction of sp³-hybridized carbons (Fsp3) is 0.263. The number of nitrogens with zero attached hydrogens (tertiary/aromatic N) is 4. The van der Waals surface area contributed by atoms with Gasteiger partial charge in [-0.25, -0.2) is 4.99 Å². The molecular formula is C19H23ClIN7O. The summed E-state index contributed by atoms with van der Waals surface area (Å²) >= 11 is 6.04. The number of hydrogen-bond acceptors (Lipinski definition) is 4. The lowest BCUT2D eigenvalue weighted by Crippen LogP contribution is -2.41. The third-order valence-corrected chi connectivity index (χ3v) is 4.26. The zero-order chi connectivity index (χ0) is 19.8. The number of nitrogens with one attached hydrogen (secondary N) is 3. The van der Waals surface area contributed by atoms with Crippen molar-refractivity contribution in [1.82, 2.24) is 30.5 Å². The van der Waals surface area contributed by atoms with Crippen LogP contribution in [0.15, 0.2) is 53.7 Å². The van der Waals surface area contributed by atoms with Gasteiger partial charge in [-0.2, -0.15) is 0 Å². The van der Waals surface area contributed by atoms with Crippen LogP contribution in [0, 0.1) is 0 Å². The molecule has 0 atom stereocenters. The van der Waals surface area contributed by atoms with Gasteiger partial charge in [0.25, 0.3) is 5.91 Å². The molecule has 0 saturated heterocycles. The van der Waals surface area contributed by atoms with E-state index < -0.39 is 0 Å². The second kappa shape index (κ2) is 11.6. The predicted molar refractivity (Wildman–Crippen MR) is 125 cm³/mol. The third-order valence-electron chi connectivity index (χ3n) is 3.93. The zero-order valence-corrected chi connectivity index (χ0v) is 19.0. The summed E-state index contributed by atoms with van der Waals surface area (Å²) in [6.07, 6.45) is 1.91. The number of amides is 1. The highest BCUT2D eigenvalue weighted by atomic mass is 127. The van der Waals surface area contributed by atoms with Crippen molar-refractivity contribution in [3.05, 3.63) is 65.1 Å². The predicted octanol–water partition coefficient (Wildman–Crippen LogP) is 2.49. The Balaban J connectivity index is 0.00000300. The van der Waals surface area contributed by atoms with Crippen molar-refractivity contribution in [1.29, 1.82) is 0 Å². The number of aromatic nitrogens is 3. The summed E-state index contributed by atoms with van der Waals surface area (Å²) in [6, 6.07) is 12.7. The number of guanidine groups is 1. The average Bonchev–Trinajstić information content (AvgIpc) is 3.12. The van der Waals surface area contributed by atoms with Gasteiger partial charge in [-0.1, -0.05) is 29.8 Å². The van der Waals surface area contributed by atoms with Gasteiger partial charge in [0, 0.05) is 25.8 Å². The fourth-order valence-electron chi connectivity index (χ4n) is 2.59. The Morgan fingerprint density at radius 3 is 2.62 bits per heavy atom. The van der Waals surface area contributed by atoms with E-state index in [9.17, 15) is 4.79 Å². The van der Waals surface area contributed by atoms with Crippen molar-refractivity contribution in [2.24, 2.45) is 4.99 Å². The largest absolute Gasteiger partial charge is 0.357 e. The molecule has 0 aliphatic heterocycles. The van der Waals surface area contributed by atoms with Crippen LogP contribution in [0.4, 0.5) is 0 Å². The number of hydrogen-bond donors (Lipinski definition) is 3. The molecule has 0 unspecified atom stereocenters. The monoisotopic (exact) mass is 527 g/mol. The lowest BCUT2D eigenvalue weighted by Gasteiger charge is -2.12. The summed E-state index contributed by atoms with van der Waals surface area (Å²) in [5.74, 6) is 1.19. The lowest BCUT2D eigenvalue weighted by atomic mass is 10.2. The highest BCUT2D eigenvalue weighted by Gasteiger charge is 2.09. The molecule has 29 heavy (non-hydrogen) atoms. The molecule has 2 heterocycles. The van der Waals surface area contributed by atoms with Crippen molar-refractivity contribution < 1.29 is 4.79 Å². The third kappa shape index (κ3) is 6.29. The first kappa shape index (κ1) is 22.9. The molecule has 2 aromatic heterocycles. The summed E-state index contributed by atoms with van der Waals surface area (Å²) < 4.78 is 1.90. The van der Waals surface area contributed by atoms with E-state index >= 15 is 0 Å². The zero-order valence-electron chi connectivity index (χ0n) is 15.9. The van der Waals surface area contributed by atoms with E-state index in [0.717, 1.165) is 18.0 Å². The first-order valence-electron chi connectivity index (χ1n) is 9.02. The van der Waals surface area contributed by atoms with Gasteiger partial charge in [0.2, 0.25) is 0 Å². The molecule has 10 heteroatoms. The molecule has 0 spiro atoms. The molecular weight excluding hydrogens is 505 g/mol. The minimum atomic E-state index is -0.204. The van der Waals surface area contributed by atoms with E-state index in [4.69, 9.17) is 11.6 Å². The minimum absolute atomic E-state index is 0. The van der Waals surface area contributed by atoms with Gasteiger partial charge in [-0.3, -0.25) is 9.20 Å². The number of pyridine rings is 1. The Bertz CT molecular complexity index is 976. The molecule has 0 bridgehead atoms. The van der Waals surface area contributed by atoms with Gasteiger partial charge in [0.15, 0.2) is 17.4 Å². The van der Waals surface area contributed by atoms with Crippen LogP contribution in [0.1, 0.15) is 23.1 Å². The number of rotatable bonds is 7. The Hall–Kier alpha value is -2.40. The van der Waals surface area contributed by atoms with Gasteiger partial charge in [-0.05, 0) is 31.2 Å². The van der Waals surface area contributed by atoms with E-state index in [1.807, 2.05) is 35.7 Å². The second-order valence-corrected chi connectivity index (χ2v) is 6.31. The van der Waals surface area contributed by atoms with Crippen molar-refractivity contribution in [3.63, 3.8) is 0 Å². The van der Waals surface area contributed by atoms with Gasteiger partial charge >= 0.3 is 0 Å². The first-order valence-corrected chi connectivity index (χ1v) is 9.40. The summed E-state index contributed by atoms with van der Waals surface area (Å²) in [7, 11) is 0. The van der Waals surface area contributed by atoms with E-state index in [1.165, 1.54) is 0 Å². The molecule has 3 rings (SSSR count). The normalized spacial score (nSPS) is 11.0. The lowest BCUT2D eigenvalue weighted by molar-refractivity contribution is 0.0954. The van der Waals surface area contributed by atoms with Crippen LogP contribution in [0.5, 0.6) is 0 Å². The summed E-state index contributed by atoms with van der Waals surface area (Å²) in [4.78, 5) is 16.7. The van der Waals surface area contributed by atoms with Crippen molar-refractivity contribution in [2.45, 2.75) is 13.5 Å². The van der Waals surface area contributed by atoms with Crippen LogP contribution in [-0.2, 0) is 6.54 Å². The minimum Gasteiger partial charge on any atom is -0.357 e. The SMILES string of the molecule is CCNC(=NCc1nnc2ccccn12)NCCNC(=O)c1ccccc1Cl.I. The van der Waals surface area contributed by atoms with Gasteiger partial charge < -0.3 is 16.0 Å². The molecule has 0 saturated carbocycles. The standard InChI is InChI=1S/C19H22ClN7O.HI/c1-2-21-19(24-13-17-26-25-16-9-5-6-12-27(16)17)23-11-10-22-18(28)14-7-3-4-8-15(14)20;/h3-9,12H,2,10-11,13H2,1H3,(H,22,28)(H2,21,23,24);1H. The Labute approximate surface area is 191 Å². The highest BCUT2D eigenvalue weighted by molar-refractivity contribution is 14.0. The van der Waals surface area contributed by atoms with Crippen molar-refractivity contribution >= 4 is 53.1 Å². The molecule has 3 N–H and O–H groups in total. The Kier molecular flexibility index (Phi) is 9.13. The molecule has 3 aromatic rings. The quantitative estimate of drug-likeness (QED) is 0.190. The number of aliphatic imine (C=N–C) groups is 1. The van der Waals surface area contributed by atoms with Crippen LogP contribution < -0.4 is 16.0 Å². The van der Waals surface area contributed by atoms with Crippen LogP contribution in [0.3, 0.4) is 0 Å². The molecule has 154 valence electrons. The van der Waals surface area contributed by atoms with Gasteiger partial charge in [-0.15, -0.1) is 34.2 Å². The maximum absolute atomic E-state index is 12.2. The number of fused-ring (bicyclic) bond motifs is 1. The number of carbonyl (C=O) groups is 1. The van der Waals surface area contributed by atoms with Crippen LogP contribution in [0.2, 0.25) is 5.02 Å². The molecule has 1 amide bonds. The van der Waals surface area contributed by atoms with Crippen molar-refractivity contribution in [3.8, 4) is 0 Å². The fourth-order valence-corrected chi connectivity index (χ4v) is 2.81. The highest BCUT2D eigenvalue weighted by Crippen LogP contribution is 2.14. The molecule has 0 aliphatic rings. The molecule has 8 nitrogen and oxygen atoms in total. The maximum atomic E-state index is 12.2. The Morgan fingerprint density at radius 2 is 1.83 bits per heavy atom. The molecule has 0 fully saturated rings. The van der Waals surface area contributed by atoms with E-state index in [2.05, 4.69) is 31.1 Å². The van der Waals surface area contributed by atoms with Crippen LogP contribution >= 0.6 is 35.6 Å². The van der Waals surface area contributed by atoms with Crippen LogP contribution in [0.25, 0.3) is 5.65 Å². The van der Waals surface area contributed by atoms with Crippen molar-refractivity contribution in [2.75, 3.05) is 19.6 Å². The average molecular weight is 528 g/mol. The van der Waals surface area contributed by atoms with E-state index in [0.29, 0.717) is 36.2 Å². The Morgan fingerprint density at radius 1 is 1.07 bits per heavy atom. The second-order valence-electron chi connectivity index (χ2n) is 5.90. The number of carbonyl (C=O) groups excluding carboxylic acids is 1. The first-order chi connectivity index (χ1) is 13.7. The van der Waals surface area contributed by atoms with E-state index in [-0.39, 0.29) is 29.9 Å². The maximum Gasteiger partial charge on any atom is 0.252 e. The molecule has 1 aromatic carbocycles.